The van der Waals surface area contributed by atoms with Crippen molar-refractivity contribution in [1.82, 2.24) is 16.0 Å². The second-order valence-corrected chi connectivity index (χ2v) is 9.89. The van der Waals surface area contributed by atoms with Crippen molar-refractivity contribution in [2.75, 3.05) is 65.9 Å². The highest BCUT2D eigenvalue weighted by molar-refractivity contribution is 5.84. The van der Waals surface area contributed by atoms with Crippen molar-refractivity contribution in [2.24, 2.45) is 0 Å². The van der Waals surface area contributed by atoms with Crippen molar-refractivity contribution in [3.63, 3.8) is 0 Å². The second-order valence-electron chi connectivity index (χ2n) is 9.89. The van der Waals surface area contributed by atoms with Gasteiger partial charge in [0.05, 0.1) is 39.6 Å². The summed E-state index contributed by atoms with van der Waals surface area (Å²) in [4.78, 5) is 67.8. The molecular formula is C29H50N3O12. The van der Waals surface area contributed by atoms with E-state index in [4.69, 9.17) is 24.1 Å². The number of carbonyl (C=O) groups is 5. The number of hydrogen-bond acceptors (Lipinski definition) is 10. The Balaban J connectivity index is 3.71. The van der Waals surface area contributed by atoms with Gasteiger partial charge in [-0.05, 0) is 19.3 Å². The van der Waals surface area contributed by atoms with Crippen molar-refractivity contribution in [3.8, 4) is 0 Å². The summed E-state index contributed by atoms with van der Waals surface area (Å²) in [6.45, 7) is 1.74. The van der Waals surface area contributed by atoms with Crippen molar-refractivity contribution in [3.05, 3.63) is 0 Å². The first-order valence-corrected chi connectivity index (χ1v) is 15.2. The summed E-state index contributed by atoms with van der Waals surface area (Å²) in [5.41, 5.74) is 0. The van der Waals surface area contributed by atoms with Crippen LogP contribution in [0.15, 0.2) is 0 Å². The monoisotopic (exact) mass is 632 g/mol. The van der Waals surface area contributed by atoms with E-state index >= 15 is 0 Å². The molecule has 0 heterocycles. The number of aliphatic carboxylic acids is 2. The fourth-order valence-corrected chi connectivity index (χ4v) is 3.80. The minimum atomic E-state index is -1.20. The van der Waals surface area contributed by atoms with E-state index in [1.54, 1.807) is 6.29 Å². The summed E-state index contributed by atoms with van der Waals surface area (Å²) in [6.07, 6.45) is 9.00. The van der Waals surface area contributed by atoms with Gasteiger partial charge < -0.3 is 45.1 Å². The number of unbranched alkanes of at least 4 members (excludes halogenated alkanes) is 7. The molecule has 0 fully saturated rings. The first-order chi connectivity index (χ1) is 21.3. The normalized spacial score (nSPS) is 11.5. The molecule has 0 spiro atoms. The average Bonchev–Trinajstić information content (AvgIpc) is 2.98. The molecule has 15 nitrogen and oxygen atoms in total. The van der Waals surface area contributed by atoms with Gasteiger partial charge in [0.25, 0.3) is 0 Å². The maximum Gasteiger partial charge on any atom is 0.326 e. The minimum absolute atomic E-state index is 0.0354. The fourth-order valence-electron chi connectivity index (χ4n) is 3.80. The first kappa shape index (κ1) is 40.9. The molecule has 0 unspecified atom stereocenters. The Hall–Kier alpha value is -3.14. The van der Waals surface area contributed by atoms with E-state index in [0.29, 0.717) is 32.6 Å². The molecule has 0 bridgehead atoms. The first-order valence-electron chi connectivity index (χ1n) is 15.2. The zero-order valence-electron chi connectivity index (χ0n) is 25.6. The number of ether oxygens (including phenoxy) is 4. The van der Waals surface area contributed by atoms with E-state index in [1.165, 1.54) is 0 Å². The van der Waals surface area contributed by atoms with Gasteiger partial charge in [0.1, 0.15) is 19.3 Å². The molecule has 0 aliphatic heterocycles. The Morgan fingerprint density at radius 1 is 0.591 bits per heavy atom. The van der Waals surface area contributed by atoms with Crippen molar-refractivity contribution in [1.29, 1.82) is 0 Å². The number of carbonyl (C=O) groups excluding carboxylic acids is 4. The summed E-state index contributed by atoms with van der Waals surface area (Å²) in [5.74, 6) is -2.99. The average molecular weight is 633 g/mol. The topological polar surface area (TPSA) is 216 Å². The molecule has 253 valence electrons. The summed E-state index contributed by atoms with van der Waals surface area (Å²) in [7, 11) is 0. The molecule has 0 aromatic carbocycles. The van der Waals surface area contributed by atoms with Crippen molar-refractivity contribution in [2.45, 2.75) is 83.1 Å². The van der Waals surface area contributed by atoms with E-state index in [0.717, 1.165) is 38.5 Å². The highest BCUT2D eigenvalue weighted by Gasteiger charge is 2.20. The minimum Gasteiger partial charge on any atom is -0.481 e. The Bertz CT molecular complexity index is 812. The quantitative estimate of drug-likeness (QED) is 0.0649. The molecule has 1 atom stereocenters. The van der Waals surface area contributed by atoms with Crippen LogP contribution in [0.4, 0.5) is 0 Å². The molecule has 0 aromatic heterocycles. The Morgan fingerprint density at radius 2 is 1.11 bits per heavy atom. The van der Waals surface area contributed by atoms with Gasteiger partial charge in [0.15, 0.2) is 0 Å². The van der Waals surface area contributed by atoms with Gasteiger partial charge in [0, 0.05) is 32.4 Å². The number of carboxylic acids is 2. The van der Waals surface area contributed by atoms with E-state index in [9.17, 15) is 33.9 Å². The van der Waals surface area contributed by atoms with Gasteiger partial charge in [-0.25, -0.2) is 4.79 Å². The van der Waals surface area contributed by atoms with Crippen LogP contribution in [0.3, 0.4) is 0 Å². The van der Waals surface area contributed by atoms with E-state index < -0.39 is 18.0 Å². The van der Waals surface area contributed by atoms with E-state index in [-0.39, 0.29) is 89.6 Å². The van der Waals surface area contributed by atoms with E-state index in [1.807, 2.05) is 0 Å². The van der Waals surface area contributed by atoms with Crippen LogP contribution in [-0.2, 0) is 47.7 Å². The number of amides is 3. The number of nitrogens with one attached hydrogen (secondary N) is 3. The van der Waals surface area contributed by atoms with Crippen molar-refractivity contribution >= 4 is 35.9 Å². The van der Waals surface area contributed by atoms with E-state index in [2.05, 4.69) is 16.0 Å². The molecule has 44 heavy (non-hydrogen) atoms. The smallest absolute Gasteiger partial charge is 0.326 e. The molecule has 0 saturated heterocycles. The van der Waals surface area contributed by atoms with Gasteiger partial charge in [-0.15, -0.1) is 0 Å². The van der Waals surface area contributed by atoms with Gasteiger partial charge in [-0.2, -0.15) is 0 Å². The van der Waals surface area contributed by atoms with Crippen LogP contribution in [0, 0.1) is 0 Å². The van der Waals surface area contributed by atoms with Crippen LogP contribution in [0.2, 0.25) is 0 Å². The lowest BCUT2D eigenvalue weighted by Gasteiger charge is -2.14. The standard InChI is InChI=1S/C29H50N3O12/c33-15-18-43-20-19-41-17-14-31-27(36)23-44-22-21-42-16-13-30-25(34)12-11-24(29(39)40)32-26(35)9-7-5-3-1-2-4-6-8-10-28(37)38/h24H,1-14,16-23H2,(H,30,34)(H,31,36)(H,32,35)(H,37,38)(H,39,40)/t24-/m0/s1. The lowest BCUT2D eigenvalue weighted by atomic mass is 10.1. The molecule has 1 radical (unpaired) electrons. The van der Waals surface area contributed by atoms with Gasteiger partial charge in [0.2, 0.25) is 24.0 Å². The molecule has 5 N–H and O–H groups in total. The molecule has 0 aromatic rings. The maximum atomic E-state index is 12.1. The molecule has 3 amide bonds. The highest BCUT2D eigenvalue weighted by Crippen LogP contribution is 2.11. The summed E-state index contributed by atoms with van der Waals surface area (Å²) >= 11 is 0. The van der Waals surface area contributed by atoms with Crippen LogP contribution >= 0.6 is 0 Å². The number of hydrogen-bond donors (Lipinski definition) is 5. The van der Waals surface area contributed by atoms with Crippen molar-refractivity contribution < 1.29 is 57.9 Å². The highest BCUT2D eigenvalue weighted by atomic mass is 16.5. The molecular weight excluding hydrogens is 582 g/mol. The maximum absolute atomic E-state index is 12.1. The molecule has 0 rings (SSSR count). The Morgan fingerprint density at radius 3 is 1.68 bits per heavy atom. The molecule has 0 aliphatic carbocycles. The second kappa shape index (κ2) is 29.9. The summed E-state index contributed by atoms with van der Waals surface area (Å²) < 4.78 is 20.6. The van der Waals surface area contributed by atoms with Crippen LogP contribution in [0.5, 0.6) is 0 Å². The summed E-state index contributed by atoms with van der Waals surface area (Å²) in [5, 5.41) is 25.7. The van der Waals surface area contributed by atoms with Gasteiger partial charge >= 0.3 is 11.9 Å². The van der Waals surface area contributed by atoms with Crippen LogP contribution < -0.4 is 16.0 Å². The van der Waals surface area contributed by atoms with Crippen LogP contribution in [-0.4, -0.2) is 118 Å². The number of carboxylic acid groups (broad SMARTS) is 2. The fraction of sp³-hybridized carbons (Fsp3) is 0.793. The Kier molecular flexibility index (Phi) is 27.8. The lowest BCUT2D eigenvalue weighted by molar-refractivity contribution is -0.142. The zero-order chi connectivity index (χ0) is 32.7. The number of rotatable bonds is 32. The predicted molar refractivity (Wildman–Crippen MR) is 158 cm³/mol. The van der Waals surface area contributed by atoms with Gasteiger partial charge in [-0.1, -0.05) is 38.5 Å². The van der Waals surface area contributed by atoms with Crippen LogP contribution in [0.1, 0.15) is 77.0 Å². The lowest BCUT2D eigenvalue weighted by Crippen LogP contribution is -2.41. The zero-order valence-corrected chi connectivity index (χ0v) is 25.6. The van der Waals surface area contributed by atoms with Gasteiger partial charge in [-0.3, -0.25) is 24.0 Å². The Labute approximate surface area is 259 Å². The predicted octanol–water partition coefficient (Wildman–Crippen LogP) is 0.730. The third kappa shape index (κ3) is 29.0. The third-order valence-corrected chi connectivity index (χ3v) is 6.11. The molecule has 0 aliphatic rings. The molecule has 0 saturated carbocycles. The third-order valence-electron chi connectivity index (χ3n) is 6.11. The van der Waals surface area contributed by atoms with Crippen LogP contribution in [0.25, 0.3) is 0 Å². The summed E-state index contributed by atoms with van der Waals surface area (Å²) in [6, 6.07) is -1.15. The molecule has 15 heteroatoms. The SMILES string of the molecule is O=[C]COCCOCCNC(=O)COCCOCCNC(=O)CC[C@H](NC(=O)CCCCCCCCCCC(=O)O)C(=O)O. The largest absolute Gasteiger partial charge is 0.481 e.